The van der Waals surface area contributed by atoms with E-state index in [2.05, 4.69) is 10.3 Å². The van der Waals surface area contributed by atoms with Crippen LogP contribution in [0.2, 0.25) is 5.02 Å². The zero-order chi connectivity index (χ0) is 13.8. The first kappa shape index (κ1) is 13.6. The fourth-order valence-corrected chi connectivity index (χ4v) is 1.59. The van der Waals surface area contributed by atoms with E-state index in [0.29, 0.717) is 16.7 Å². The Bertz CT molecular complexity index is 566. The van der Waals surface area contributed by atoms with E-state index in [0.717, 1.165) is 5.56 Å². The van der Waals surface area contributed by atoms with Crippen LogP contribution in [0.15, 0.2) is 34.9 Å². The normalized spacial score (nSPS) is 12.3. The summed E-state index contributed by atoms with van der Waals surface area (Å²) in [5, 5.41) is 12.2. The predicted molar refractivity (Wildman–Crippen MR) is 70.9 cm³/mol. The minimum absolute atomic E-state index is 0.265. The molecule has 0 fully saturated rings. The summed E-state index contributed by atoms with van der Waals surface area (Å²) in [6.07, 6.45) is 1.60. The van der Waals surface area contributed by atoms with Crippen molar-refractivity contribution in [2.75, 3.05) is 0 Å². The molecule has 2 N–H and O–H groups in total. The maximum atomic E-state index is 10.7. The van der Waals surface area contributed by atoms with E-state index >= 15 is 0 Å². The van der Waals surface area contributed by atoms with Gasteiger partial charge in [0.25, 0.3) is 0 Å². The van der Waals surface area contributed by atoms with Crippen LogP contribution in [0, 0.1) is 0 Å². The van der Waals surface area contributed by atoms with Crippen molar-refractivity contribution in [3.8, 4) is 11.3 Å². The average Bonchev–Trinajstić information content (AvgIpc) is 2.85. The van der Waals surface area contributed by atoms with Gasteiger partial charge in [-0.1, -0.05) is 11.6 Å². The SMILES string of the molecule is C[C@H](NCc1ncc(-c2ccc(Cl)cc2)o1)C(=O)O. The summed E-state index contributed by atoms with van der Waals surface area (Å²) in [7, 11) is 0. The second kappa shape index (κ2) is 5.86. The van der Waals surface area contributed by atoms with Crippen molar-refractivity contribution in [1.82, 2.24) is 10.3 Å². The lowest BCUT2D eigenvalue weighted by molar-refractivity contribution is -0.139. The van der Waals surface area contributed by atoms with Gasteiger partial charge in [-0.05, 0) is 31.2 Å². The average molecular weight is 281 g/mol. The number of carboxylic acids is 1. The second-order valence-corrected chi connectivity index (χ2v) is 4.50. The smallest absolute Gasteiger partial charge is 0.320 e. The lowest BCUT2D eigenvalue weighted by Crippen LogP contribution is -2.33. The van der Waals surface area contributed by atoms with Gasteiger partial charge in [-0.15, -0.1) is 0 Å². The number of benzene rings is 1. The molecule has 0 amide bonds. The third kappa shape index (κ3) is 3.56. The second-order valence-electron chi connectivity index (χ2n) is 4.07. The Kier molecular flexibility index (Phi) is 4.19. The Hall–Kier alpha value is -1.85. The van der Waals surface area contributed by atoms with Gasteiger partial charge in [-0.25, -0.2) is 4.98 Å². The number of aromatic nitrogens is 1. The van der Waals surface area contributed by atoms with E-state index in [1.165, 1.54) is 0 Å². The Morgan fingerprint density at radius 2 is 2.16 bits per heavy atom. The van der Waals surface area contributed by atoms with Crippen molar-refractivity contribution < 1.29 is 14.3 Å². The molecular formula is C13H13ClN2O3. The number of nitrogens with zero attached hydrogens (tertiary/aromatic N) is 1. The molecule has 1 atom stereocenters. The first-order chi connectivity index (χ1) is 9.06. The number of aliphatic carboxylic acids is 1. The predicted octanol–water partition coefficient (Wildman–Crippen LogP) is 2.56. The van der Waals surface area contributed by atoms with E-state index in [1.54, 1.807) is 25.3 Å². The number of hydrogen-bond acceptors (Lipinski definition) is 4. The number of oxazole rings is 1. The van der Waals surface area contributed by atoms with Crippen LogP contribution in [0.3, 0.4) is 0 Å². The Balaban J connectivity index is 2.03. The van der Waals surface area contributed by atoms with Gasteiger partial charge in [0.2, 0.25) is 5.89 Å². The Morgan fingerprint density at radius 1 is 1.47 bits per heavy atom. The molecule has 2 rings (SSSR count). The summed E-state index contributed by atoms with van der Waals surface area (Å²) in [6, 6.07) is 6.55. The molecule has 0 aliphatic rings. The number of hydrogen-bond donors (Lipinski definition) is 2. The maximum absolute atomic E-state index is 10.7. The highest BCUT2D eigenvalue weighted by Crippen LogP contribution is 2.22. The number of rotatable bonds is 5. The Morgan fingerprint density at radius 3 is 2.79 bits per heavy atom. The van der Waals surface area contributed by atoms with Crippen molar-refractivity contribution in [3.05, 3.63) is 41.4 Å². The van der Waals surface area contributed by atoms with Crippen molar-refractivity contribution in [3.63, 3.8) is 0 Å². The van der Waals surface area contributed by atoms with Gasteiger partial charge in [-0.3, -0.25) is 10.1 Å². The molecule has 2 aromatic rings. The van der Waals surface area contributed by atoms with Crippen LogP contribution in [0.4, 0.5) is 0 Å². The number of nitrogens with one attached hydrogen (secondary N) is 1. The highest BCUT2D eigenvalue weighted by molar-refractivity contribution is 6.30. The molecule has 1 heterocycles. The zero-order valence-corrected chi connectivity index (χ0v) is 11.0. The van der Waals surface area contributed by atoms with Crippen LogP contribution < -0.4 is 5.32 Å². The molecule has 0 aliphatic carbocycles. The topological polar surface area (TPSA) is 75.4 Å². The van der Waals surface area contributed by atoms with Gasteiger partial charge in [0, 0.05) is 10.6 Å². The standard InChI is InChI=1S/C13H13ClN2O3/c1-8(13(17)18)15-7-12-16-6-11(19-12)9-2-4-10(14)5-3-9/h2-6,8,15H,7H2,1H3,(H,17,18)/t8-/m0/s1. The summed E-state index contributed by atoms with van der Waals surface area (Å²) in [5.41, 5.74) is 0.870. The van der Waals surface area contributed by atoms with E-state index in [-0.39, 0.29) is 6.54 Å². The minimum atomic E-state index is -0.913. The molecule has 6 heteroatoms. The highest BCUT2D eigenvalue weighted by atomic mass is 35.5. The zero-order valence-electron chi connectivity index (χ0n) is 10.3. The van der Waals surface area contributed by atoms with E-state index in [9.17, 15) is 4.79 Å². The van der Waals surface area contributed by atoms with Gasteiger partial charge < -0.3 is 9.52 Å². The van der Waals surface area contributed by atoms with E-state index in [1.807, 2.05) is 12.1 Å². The molecule has 0 bridgehead atoms. The third-order valence-electron chi connectivity index (χ3n) is 2.61. The molecule has 0 spiro atoms. The molecule has 0 radical (unpaired) electrons. The van der Waals surface area contributed by atoms with Crippen LogP contribution in [0.25, 0.3) is 11.3 Å². The first-order valence-corrected chi connectivity index (χ1v) is 6.11. The van der Waals surface area contributed by atoms with Gasteiger partial charge in [0.15, 0.2) is 5.76 Å². The lowest BCUT2D eigenvalue weighted by Gasteiger charge is -2.05. The third-order valence-corrected chi connectivity index (χ3v) is 2.86. The maximum Gasteiger partial charge on any atom is 0.320 e. The van der Waals surface area contributed by atoms with E-state index < -0.39 is 12.0 Å². The number of halogens is 1. The quantitative estimate of drug-likeness (QED) is 0.880. The molecule has 0 saturated carbocycles. The first-order valence-electron chi connectivity index (χ1n) is 5.73. The summed E-state index contributed by atoms with van der Waals surface area (Å²) in [4.78, 5) is 14.7. The van der Waals surface area contributed by atoms with Gasteiger partial charge in [0.05, 0.1) is 12.7 Å². The van der Waals surface area contributed by atoms with E-state index in [4.69, 9.17) is 21.1 Å². The van der Waals surface area contributed by atoms with Gasteiger partial charge in [0.1, 0.15) is 6.04 Å². The Labute approximate surface area is 115 Å². The molecule has 0 aliphatic heterocycles. The number of carbonyl (C=O) groups is 1. The van der Waals surface area contributed by atoms with Crippen LogP contribution >= 0.6 is 11.6 Å². The molecule has 5 nitrogen and oxygen atoms in total. The van der Waals surface area contributed by atoms with Crippen LogP contribution in [-0.2, 0) is 11.3 Å². The summed E-state index contributed by atoms with van der Waals surface area (Å²) in [5.74, 6) is 0.152. The van der Waals surface area contributed by atoms with Crippen molar-refractivity contribution >= 4 is 17.6 Å². The van der Waals surface area contributed by atoms with Crippen LogP contribution in [0.5, 0.6) is 0 Å². The minimum Gasteiger partial charge on any atom is -0.480 e. The molecule has 1 aromatic carbocycles. The highest BCUT2D eigenvalue weighted by Gasteiger charge is 2.12. The van der Waals surface area contributed by atoms with Crippen molar-refractivity contribution in [1.29, 1.82) is 0 Å². The fraction of sp³-hybridized carbons (Fsp3) is 0.231. The summed E-state index contributed by atoms with van der Waals surface area (Å²) >= 11 is 5.81. The monoisotopic (exact) mass is 280 g/mol. The van der Waals surface area contributed by atoms with Crippen LogP contribution in [0.1, 0.15) is 12.8 Å². The van der Waals surface area contributed by atoms with Gasteiger partial charge in [-0.2, -0.15) is 0 Å². The number of carboxylic acid groups (broad SMARTS) is 1. The molecule has 100 valence electrons. The lowest BCUT2D eigenvalue weighted by atomic mass is 10.2. The van der Waals surface area contributed by atoms with Crippen molar-refractivity contribution in [2.24, 2.45) is 0 Å². The van der Waals surface area contributed by atoms with Crippen LogP contribution in [-0.4, -0.2) is 22.1 Å². The molecule has 1 aromatic heterocycles. The molecular weight excluding hydrogens is 268 g/mol. The summed E-state index contributed by atoms with van der Waals surface area (Å²) in [6.45, 7) is 1.83. The molecule has 0 saturated heterocycles. The van der Waals surface area contributed by atoms with Gasteiger partial charge >= 0.3 is 5.97 Å². The molecule has 19 heavy (non-hydrogen) atoms. The van der Waals surface area contributed by atoms with Crippen molar-refractivity contribution in [2.45, 2.75) is 19.5 Å². The molecule has 0 unspecified atom stereocenters. The largest absolute Gasteiger partial charge is 0.480 e. The fourth-order valence-electron chi connectivity index (χ4n) is 1.47. The summed E-state index contributed by atoms with van der Waals surface area (Å²) < 4.78 is 5.53.